The molecule has 1 spiro atoms. The van der Waals surface area contributed by atoms with Crippen LogP contribution in [0.2, 0.25) is 0 Å². The molecule has 0 aromatic rings. The van der Waals surface area contributed by atoms with E-state index in [-0.39, 0.29) is 11.7 Å². The Morgan fingerprint density at radius 3 is 2.73 bits per heavy atom. The second-order valence-electron chi connectivity index (χ2n) is 4.70. The largest absolute Gasteiger partial charge is 0.392 e. The minimum Gasteiger partial charge on any atom is -0.392 e. The molecule has 2 atom stereocenters. The average molecular weight is 215 g/mol. The van der Waals surface area contributed by atoms with Crippen molar-refractivity contribution in [1.29, 1.82) is 0 Å². The summed E-state index contributed by atoms with van der Waals surface area (Å²) in [6.45, 7) is 2.68. The number of nitrogens with two attached hydrogens (primary N) is 1. The van der Waals surface area contributed by atoms with Crippen LogP contribution < -0.4 is 5.73 Å². The van der Waals surface area contributed by atoms with Crippen LogP contribution in [0.25, 0.3) is 0 Å². The van der Waals surface area contributed by atoms with Crippen LogP contribution in [0.1, 0.15) is 25.7 Å². The number of ether oxygens (including phenoxy) is 2. The van der Waals surface area contributed by atoms with Crippen molar-refractivity contribution < 1.29 is 14.6 Å². The third kappa shape index (κ3) is 2.50. The summed E-state index contributed by atoms with van der Waals surface area (Å²) in [5.74, 6) is 0.307. The molecule has 0 aromatic carbocycles. The zero-order valence-corrected chi connectivity index (χ0v) is 9.15. The van der Waals surface area contributed by atoms with E-state index in [1.165, 1.54) is 0 Å². The van der Waals surface area contributed by atoms with Crippen LogP contribution in [0.4, 0.5) is 0 Å². The second kappa shape index (κ2) is 4.78. The maximum absolute atomic E-state index is 9.78. The highest BCUT2D eigenvalue weighted by Gasteiger charge is 2.40. The summed E-state index contributed by atoms with van der Waals surface area (Å²) < 4.78 is 11.3. The Morgan fingerprint density at radius 2 is 2.07 bits per heavy atom. The number of rotatable bonds is 2. The summed E-state index contributed by atoms with van der Waals surface area (Å²) in [7, 11) is 0. The van der Waals surface area contributed by atoms with Crippen molar-refractivity contribution in [3.05, 3.63) is 0 Å². The van der Waals surface area contributed by atoms with E-state index in [2.05, 4.69) is 0 Å². The number of hydrogen-bond acceptors (Lipinski definition) is 4. The Morgan fingerprint density at radius 1 is 1.33 bits per heavy atom. The maximum atomic E-state index is 9.78. The first-order valence-corrected chi connectivity index (χ1v) is 5.86. The van der Waals surface area contributed by atoms with Crippen LogP contribution in [-0.2, 0) is 9.47 Å². The van der Waals surface area contributed by atoms with Crippen LogP contribution >= 0.6 is 0 Å². The van der Waals surface area contributed by atoms with Crippen molar-refractivity contribution in [3.8, 4) is 0 Å². The fourth-order valence-corrected chi connectivity index (χ4v) is 2.68. The van der Waals surface area contributed by atoms with Gasteiger partial charge in [0.2, 0.25) is 0 Å². The molecule has 15 heavy (non-hydrogen) atoms. The average Bonchev–Trinajstić information content (AvgIpc) is 2.29. The van der Waals surface area contributed by atoms with Crippen LogP contribution in [-0.4, -0.2) is 43.2 Å². The monoisotopic (exact) mass is 215 g/mol. The molecule has 0 amide bonds. The minimum atomic E-state index is -0.367. The van der Waals surface area contributed by atoms with Gasteiger partial charge in [-0.25, -0.2) is 0 Å². The van der Waals surface area contributed by atoms with Crippen LogP contribution in [0.5, 0.6) is 0 Å². The molecule has 4 nitrogen and oxygen atoms in total. The quantitative estimate of drug-likeness (QED) is 0.694. The Hall–Kier alpha value is -0.160. The molecule has 0 aromatic heterocycles. The van der Waals surface area contributed by atoms with Gasteiger partial charge in [-0.2, -0.15) is 0 Å². The van der Waals surface area contributed by atoms with Gasteiger partial charge in [-0.1, -0.05) is 0 Å². The molecule has 2 unspecified atom stereocenters. The highest BCUT2D eigenvalue weighted by Crippen LogP contribution is 2.37. The van der Waals surface area contributed by atoms with Crippen LogP contribution in [0.3, 0.4) is 0 Å². The Bertz CT molecular complexity index is 198. The Balaban J connectivity index is 1.96. The normalized spacial score (nSPS) is 32.8. The van der Waals surface area contributed by atoms with Crippen LogP contribution in [0, 0.1) is 5.92 Å². The molecule has 4 heteroatoms. The highest BCUT2D eigenvalue weighted by atomic mass is 16.5. The summed E-state index contributed by atoms with van der Waals surface area (Å²) in [6.07, 6.45) is 3.42. The molecule has 3 N–H and O–H groups in total. The fourth-order valence-electron chi connectivity index (χ4n) is 2.68. The van der Waals surface area contributed by atoms with Gasteiger partial charge in [0, 0.05) is 26.4 Å². The summed E-state index contributed by atoms with van der Waals surface area (Å²) in [5.41, 5.74) is 5.47. The highest BCUT2D eigenvalue weighted by molar-refractivity contribution is 4.91. The van der Waals surface area contributed by atoms with Gasteiger partial charge in [0.05, 0.1) is 11.7 Å². The topological polar surface area (TPSA) is 64.7 Å². The fraction of sp³-hybridized carbons (Fsp3) is 1.00. The Labute approximate surface area is 90.7 Å². The van der Waals surface area contributed by atoms with Gasteiger partial charge in [-0.15, -0.1) is 0 Å². The predicted molar refractivity (Wildman–Crippen MR) is 56.5 cm³/mol. The minimum absolute atomic E-state index is 0.0304. The van der Waals surface area contributed by atoms with Crippen molar-refractivity contribution in [1.82, 2.24) is 0 Å². The molecular weight excluding hydrogens is 194 g/mol. The van der Waals surface area contributed by atoms with E-state index in [0.29, 0.717) is 12.5 Å². The predicted octanol–water partition coefficient (Wildman–Crippen LogP) is 0.282. The summed E-state index contributed by atoms with van der Waals surface area (Å²) in [4.78, 5) is 0. The number of aliphatic hydroxyl groups excluding tert-OH is 1. The lowest BCUT2D eigenvalue weighted by atomic mass is 9.78. The van der Waals surface area contributed by atoms with Gasteiger partial charge < -0.3 is 20.3 Å². The van der Waals surface area contributed by atoms with Gasteiger partial charge >= 0.3 is 0 Å². The zero-order valence-electron chi connectivity index (χ0n) is 9.15. The van der Waals surface area contributed by atoms with Crippen molar-refractivity contribution in [2.45, 2.75) is 37.4 Å². The Kier molecular flexibility index (Phi) is 3.61. The van der Waals surface area contributed by atoms with Crippen molar-refractivity contribution in [2.24, 2.45) is 11.7 Å². The summed E-state index contributed by atoms with van der Waals surface area (Å²) in [6, 6.07) is 0. The van der Waals surface area contributed by atoms with Gasteiger partial charge in [-0.05, 0) is 31.6 Å². The zero-order chi connectivity index (χ0) is 10.7. The van der Waals surface area contributed by atoms with Gasteiger partial charge in [0.15, 0.2) is 0 Å². The van der Waals surface area contributed by atoms with Crippen molar-refractivity contribution in [3.63, 3.8) is 0 Å². The van der Waals surface area contributed by atoms with E-state index in [4.69, 9.17) is 15.2 Å². The molecule has 2 fully saturated rings. The lowest BCUT2D eigenvalue weighted by Gasteiger charge is -2.44. The lowest BCUT2D eigenvalue weighted by Crippen LogP contribution is -2.47. The van der Waals surface area contributed by atoms with E-state index in [9.17, 15) is 5.11 Å². The van der Waals surface area contributed by atoms with E-state index in [0.717, 1.165) is 45.5 Å². The molecule has 88 valence electrons. The molecule has 0 bridgehead atoms. The third-order valence-corrected chi connectivity index (χ3v) is 3.72. The van der Waals surface area contributed by atoms with Gasteiger partial charge in [0.25, 0.3) is 0 Å². The second-order valence-corrected chi connectivity index (χ2v) is 4.70. The van der Waals surface area contributed by atoms with E-state index < -0.39 is 0 Å². The van der Waals surface area contributed by atoms with E-state index in [1.807, 2.05) is 0 Å². The van der Waals surface area contributed by atoms with E-state index in [1.54, 1.807) is 0 Å². The number of hydrogen-bond donors (Lipinski definition) is 2. The number of aliphatic hydroxyl groups is 1. The molecule has 0 radical (unpaired) electrons. The molecule has 2 rings (SSSR count). The third-order valence-electron chi connectivity index (χ3n) is 3.72. The molecule has 2 aliphatic rings. The summed E-state index contributed by atoms with van der Waals surface area (Å²) in [5, 5.41) is 9.78. The van der Waals surface area contributed by atoms with Gasteiger partial charge in [-0.3, -0.25) is 0 Å². The standard InChI is InChI=1S/C11H21NO3/c12-8-10(13)9-1-4-15-11(7-9)2-5-14-6-3-11/h9-10,13H,1-8,12H2. The lowest BCUT2D eigenvalue weighted by molar-refractivity contribution is -0.157. The first-order chi connectivity index (χ1) is 7.26. The van der Waals surface area contributed by atoms with E-state index >= 15 is 0 Å². The molecule has 2 heterocycles. The molecular formula is C11H21NO3. The smallest absolute Gasteiger partial charge is 0.0730 e. The molecule has 2 aliphatic heterocycles. The maximum Gasteiger partial charge on any atom is 0.0730 e. The van der Waals surface area contributed by atoms with Crippen molar-refractivity contribution in [2.75, 3.05) is 26.4 Å². The first kappa shape index (κ1) is 11.3. The molecule has 0 saturated carbocycles. The molecule has 2 saturated heterocycles. The van der Waals surface area contributed by atoms with Crippen molar-refractivity contribution >= 4 is 0 Å². The van der Waals surface area contributed by atoms with Gasteiger partial charge in [0.1, 0.15) is 0 Å². The summed E-state index contributed by atoms with van der Waals surface area (Å²) >= 11 is 0. The first-order valence-electron chi connectivity index (χ1n) is 5.86. The van der Waals surface area contributed by atoms with Crippen LogP contribution in [0.15, 0.2) is 0 Å². The molecule has 0 aliphatic carbocycles. The SMILES string of the molecule is NCC(O)C1CCOC2(CCOCC2)C1.